The molecule has 0 spiro atoms. The van der Waals surface area contributed by atoms with Crippen molar-refractivity contribution in [3.63, 3.8) is 0 Å². The zero-order valence-electron chi connectivity index (χ0n) is 16.3. The number of benzene rings is 2. The Labute approximate surface area is 173 Å². The standard InChI is InChI=1S/C23H27N3O.ClH/c1-27-23-10-6-5-9-22(23)26-18-21(16-24-26)17-25-13-11-20(12-14-25)15-19-7-3-2-4-8-19;/h2-10,16,18,20H,11-15,17H2,1H3;1H. The van der Waals surface area contributed by atoms with Crippen LogP contribution in [-0.4, -0.2) is 34.9 Å². The highest BCUT2D eigenvalue weighted by atomic mass is 35.5. The normalized spacial score (nSPS) is 15.2. The Bertz CT molecular complexity index is 857. The summed E-state index contributed by atoms with van der Waals surface area (Å²) < 4.78 is 7.36. The molecule has 28 heavy (non-hydrogen) atoms. The quantitative estimate of drug-likeness (QED) is 0.600. The van der Waals surface area contributed by atoms with Gasteiger partial charge in [-0.25, -0.2) is 4.68 Å². The van der Waals surface area contributed by atoms with Crippen molar-refractivity contribution in [1.29, 1.82) is 0 Å². The van der Waals surface area contributed by atoms with Crippen molar-refractivity contribution in [2.75, 3.05) is 20.2 Å². The van der Waals surface area contributed by atoms with Gasteiger partial charge in [0.25, 0.3) is 0 Å². The Balaban J connectivity index is 0.00000225. The van der Waals surface area contributed by atoms with Crippen LogP contribution < -0.4 is 4.74 Å². The number of methoxy groups -OCH3 is 1. The lowest BCUT2D eigenvalue weighted by molar-refractivity contribution is 0.177. The molecule has 1 fully saturated rings. The number of hydrogen-bond donors (Lipinski definition) is 0. The molecular weight excluding hydrogens is 370 g/mol. The third-order valence-electron chi connectivity index (χ3n) is 5.45. The smallest absolute Gasteiger partial charge is 0.144 e. The van der Waals surface area contributed by atoms with Gasteiger partial charge in [0.1, 0.15) is 11.4 Å². The maximum absolute atomic E-state index is 5.45. The van der Waals surface area contributed by atoms with Gasteiger partial charge in [0, 0.05) is 18.3 Å². The minimum atomic E-state index is 0. The van der Waals surface area contributed by atoms with Gasteiger partial charge in [0.2, 0.25) is 0 Å². The first kappa shape index (κ1) is 20.4. The average molecular weight is 398 g/mol. The summed E-state index contributed by atoms with van der Waals surface area (Å²) in [5.74, 6) is 1.65. The number of halogens is 1. The van der Waals surface area contributed by atoms with Crippen LogP contribution >= 0.6 is 12.4 Å². The van der Waals surface area contributed by atoms with Crippen LogP contribution in [0, 0.1) is 5.92 Å². The van der Waals surface area contributed by atoms with Crippen LogP contribution in [0.3, 0.4) is 0 Å². The summed E-state index contributed by atoms with van der Waals surface area (Å²) in [4.78, 5) is 2.55. The third-order valence-corrected chi connectivity index (χ3v) is 5.45. The van der Waals surface area contributed by atoms with Gasteiger partial charge < -0.3 is 4.74 Å². The van der Waals surface area contributed by atoms with Gasteiger partial charge in [-0.1, -0.05) is 42.5 Å². The molecule has 0 aliphatic carbocycles. The summed E-state index contributed by atoms with van der Waals surface area (Å²) in [6, 6.07) is 18.9. The molecule has 4 rings (SSSR count). The SMILES string of the molecule is COc1ccccc1-n1cc(CN2CCC(Cc3ccccc3)CC2)cn1.Cl. The van der Waals surface area contributed by atoms with E-state index in [4.69, 9.17) is 4.74 Å². The van der Waals surface area contributed by atoms with E-state index in [1.54, 1.807) is 7.11 Å². The zero-order valence-corrected chi connectivity index (χ0v) is 17.1. The molecule has 0 bridgehead atoms. The molecule has 4 nitrogen and oxygen atoms in total. The lowest BCUT2D eigenvalue weighted by atomic mass is 9.90. The number of nitrogens with zero attached hydrogens (tertiary/aromatic N) is 3. The lowest BCUT2D eigenvalue weighted by Crippen LogP contribution is -2.33. The Morgan fingerprint density at radius 1 is 0.964 bits per heavy atom. The molecule has 0 unspecified atom stereocenters. The summed E-state index contributed by atoms with van der Waals surface area (Å²) in [6.45, 7) is 3.29. The van der Waals surface area contributed by atoms with Gasteiger partial charge in [-0.2, -0.15) is 5.10 Å². The molecule has 0 amide bonds. The van der Waals surface area contributed by atoms with E-state index >= 15 is 0 Å². The van der Waals surface area contributed by atoms with Gasteiger partial charge in [0.05, 0.1) is 13.3 Å². The van der Waals surface area contributed by atoms with Crippen LogP contribution in [-0.2, 0) is 13.0 Å². The molecule has 0 atom stereocenters. The summed E-state index contributed by atoms with van der Waals surface area (Å²) >= 11 is 0. The number of rotatable bonds is 6. The van der Waals surface area contributed by atoms with Crippen molar-refractivity contribution in [3.05, 3.63) is 78.1 Å². The second-order valence-corrected chi connectivity index (χ2v) is 7.37. The maximum atomic E-state index is 5.45. The average Bonchev–Trinajstić information content (AvgIpc) is 3.18. The highest BCUT2D eigenvalue weighted by Crippen LogP contribution is 2.24. The van der Waals surface area contributed by atoms with E-state index in [9.17, 15) is 0 Å². The lowest BCUT2D eigenvalue weighted by Gasteiger charge is -2.31. The molecule has 1 aromatic heterocycles. The Morgan fingerprint density at radius 3 is 2.43 bits per heavy atom. The number of piperidine rings is 1. The zero-order chi connectivity index (χ0) is 18.5. The first-order chi connectivity index (χ1) is 13.3. The largest absolute Gasteiger partial charge is 0.494 e. The predicted molar refractivity (Wildman–Crippen MR) is 116 cm³/mol. The summed E-state index contributed by atoms with van der Waals surface area (Å²) in [5.41, 5.74) is 3.70. The summed E-state index contributed by atoms with van der Waals surface area (Å²) in [6.07, 6.45) is 7.85. The fraction of sp³-hybridized carbons (Fsp3) is 0.348. The first-order valence-electron chi connectivity index (χ1n) is 9.75. The number of hydrogen-bond acceptors (Lipinski definition) is 3. The number of likely N-dealkylation sites (tertiary alicyclic amines) is 1. The fourth-order valence-corrected chi connectivity index (χ4v) is 3.95. The van der Waals surface area contributed by atoms with Crippen LogP contribution in [0.25, 0.3) is 5.69 Å². The molecule has 2 aromatic carbocycles. The van der Waals surface area contributed by atoms with Crippen LogP contribution in [0.15, 0.2) is 67.0 Å². The molecule has 1 aliphatic rings. The van der Waals surface area contributed by atoms with Crippen molar-refractivity contribution >= 4 is 12.4 Å². The highest BCUT2D eigenvalue weighted by Gasteiger charge is 2.20. The van der Waals surface area contributed by atoms with Crippen molar-refractivity contribution in [2.45, 2.75) is 25.8 Å². The van der Waals surface area contributed by atoms with Crippen molar-refractivity contribution < 1.29 is 4.74 Å². The predicted octanol–water partition coefficient (Wildman–Crippen LogP) is 4.76. The Hall–Kier alpha value is -2.30. The van der Waals surface area contributed by atoms with Crippen molar-refractivity contribution in [1.82, 2.24) is 14.7 Å². The maximum Gasteiger partial charge on any atom is 0.144 e. The van der Waals surface area contributed by atoms with Crippen LogP contribution in [0.5, 0.6) is 5.75 Å². The highest BCUT2D eigenvalue weighted by molar-refractivity contribution is 5.85. The number of aromatic nitrogens is 2. The second kappa shape index (κ2) is 9.76. The molecule has 0 N–H and O–H groups in total. The van der Waals surface area contributed by atoms with Crippen molar-refractivity contribution in [2.24, 2.45) is 5.92 Å². The van der Waals surface area contributed by atoms with E-state index in [1.807, 2.05) is 35.1 Å². The molecule has 148 valence electrons. The fourth-order valence-electron chi connectivity index (χ4n) is 3.95. The Morgan fingerprint density at radius 2 is 1.68 bits per heavy atom. The number of para-hydroxylation sites is 2. The van der Waals surface area contributed by atoms with Crippen LogP contribution in [0.2, 0.25) is 0 Å². The molecular formula is C23H28ClN3O. The molecule has 0 radical (unpaired) electrons. The van der Waals surface area contributed by atoms with Crippen molar-refractivity contribution in [3.8, 4) is 11.4 Å². The van der Waals surface area contributed by atoms with Gasteiger partial charge in [-0.3, -0.25) is 4.90 Å². The third kappa shape index (κ3) is 4.94. The van der Waals surface area contributed by atoms with E-state index in [0.29, 0.717) is 0 Å². The van der Waals surface area contributed by atoms with E-state index in [1.165, 1.54) is 30.4 Å². The van der Waals surface area contributed by atoms with Gasteiger partial charge in [0.15, 0.2) is 0 Å². The monoisotopic (exact) mass is 397 g/mol. The molecule has 1 aliphatic heterocycles. The minimum absolute atomic E-state index is 0. The minimum Gasteiger partial charge on any atom is -0.494 e. The number of ether oxygens (including phenoxy) is 1. The molecule has 1 saturated heterocycles. The summed E-state index contributed by atoms with van der Waals surface area (Å²) in [5, 5.41) is 4.54. The summed E-state index contributed by atoms with van der Waals surface area (Å²) in [7, 11) is 1.70. The van der Waals surface area contributed by atoms with Gasteiger partial charge >= 0.3 is 0 Å². The van der Waals surface area contributed by atoms with Crippen LogP contribution in [0.1, 0.15) is 24.0 Å². The van der Waals surface area contributed by atoms with Crippen LogP contribution in [0.4, 0.5) is 0 Å². The van der Waals surface area contributed by atoms with E-state index in [-0.39, 0.29) is 12.4 Å². The molecule has 3 aromatic rings. The topological polar surface area (TPSA) is 30.3 Å². The first-order valence-corrected chi connectivity index (χ1v) is 9.75. The van der Waals surface area contributed by atoms with Gasteiger partial charge in [-0.15, -0.1) is 12.4 Å². The second-order valence-electron chi connectivity index (χ2n) is 7.37. The van der Waals surface area contributed by atoms with Gasteiger partial charge in [-0.05, 0) is 56.0 Å². The molecule has 2 heterocycles. The van der Waals surface area contributed by atoms with E-state index in [2.05, 4.69) is 46.5 Å². The van der Waals surface area contributed by atoms with E-state index in [0.717, 1.165) is 37.0 Å². The molecule has 0 saturated carbocycles. The molecule has 5 heteroatoms. The van der Waals surface area contributed by atoms with E-state index < -0.39 is 0 Å². The Kier molecular flexibility index (Phi) is 7.12.